The fourth-order valence-electron chi connectivity index (χ4n) is 3.32. The van der Waals surface area contributed by atoms with Gasteiger partial charge in [0.05, 0.1) is 0 Å². The molecule has 2 aliphatic rings. The molecular formula is C15H16N2O4. The van der Waals surface area contributed by atoms with Gasteiger partial charge in [-0.25, -0.2) is 4.79 Å². The number of rotatable bonds is 2. The number of carbonyl (C=O) groups excluding carboxylic acids is 1. The molecule has 0 radical (unpaired) electrons. The first kappa shape index (κ1) is 13.6. The lowest BCUT2D eigenvalue weighted by molar-refractivity contribution is -0.132. The van der Waals surface area contributed by atoms with Crippen molar-refractivity contribution in [3.8, 4) is 0 Å². The van der Waals surface area contributed by atoms with Crippen molar-refractivity contribution < 1.29 is 14.7 Å². The Morgan fingerprint density at radius 3 is 2.76 bits per heavy atom. The van der Waals surface area contributed by atoms with Crippen LogP contribution in [0.1, 0.15) is 18.0 Å². The highest BCUT2D eigenvalue weighted by Crippen LogP contribution is 2.34. The second-order valence-corrected chi connectivity index (χ2v) is 5.61. The van der Waals surface area contributed by atoms with E-state index in [1.165, 1.54) is 0 Å². The molecule has 1 aromatic rings. The number of fused-ring (bicyclic) bond motifs is 4. The lowest BCUT2D eigenvalue weighted by Crippen LogP contribution is -2.48. The zero-order valence-electron chi connectivity index (χ0n) is 11.4. The van der Waals surface area contributed by atoms with E-state index in [0.29, 0.717) is 19.6 Å². The van der Waals surface area contributed by atoms with E-state index in [2.05, 4.69) is 0 Å². The molecule has 1 N–H and O–H groups in total. The molecular weight excluding hydrogens is 272 g/mol. The summed E-state index contributed by atoms with van der Waals surface area (Å²) in [6.07, 6.45) is 2.93. The fraction of sp³-hybridized carbons (Fsp3) is 0.400. The summed E-state index contributed by atoms with van der Waals surface area (Å²) in [6.45, 7) is 1.72. The van der Waals surface area contributed by atoms with Gasteiger partial charge >= 0.3 is 5.97 Å². The van der Waals surface area contributed by atoms with Crippen LogP contribution in [-0.4, -0.2) is 39.5 Å². The molecule has 6 heteroatoms. The number of nitrogens with zero attached hydrogens (tertiary/aromatic N) is 2. The van der Waals surface area contributed by atoms with Crippen molar-refractivity contribution in [1.29, 1.82) is 0 Å². The number of carbonyl (C=O) groups is 2. The first-order valence-corrected chi connectivity index (χ1v) is 6.94. The predicted molar refractivity (Wildman–Crippen MR) is 74.9 cm³/mol. The maximum atomic E-state index is 12.0. The van der Waals surface area contributed by atoms with Gasteiger partial charge < -0.3 is 14.6 Å². The standard InChI is InChI=1S/C15H16N2O4/c18-13(4-5-15(20)21)16-7-10-6-11(9-16)12-2-1-3-14(19)17(12)8-10/h1-5,10-11H,6-9H2,(H,20,21). The minimum atomic E-state index is -1.13. The van der Waals surface area contributed by atoms with Crippen LogP contribution in [-0.2, 0) is 16.1 Å². The minimum Gasteiger partial charge on any atom is -0.478 e. The number of pyridine rings is 1. The van der Waals surface area contributed by atoms with E-state index < -0.39 is 5.97 Å². The summed E-state index contributed by atoms with van der Waals surface area (Å²) in [5, 5.41) is 8.59. The number of aliphatic carboxylic acids is 1. The third-order valence-corrected chi connectivity index (χ3v) is 4.16. The number of piperidine rings is 1. The topological polar surface area (TPSA) is 79.6 Å². The molecule has 3 rings (SSSR count). The Bertz CT molecular complexity index is 676. The molecule has 3 heterocycles. The molecule has 6 nitrogen and oxygen atoms in total. The van der Waals surface area contributed by atoms with Gasteiger partial charge in [-0.3, -0.25) is 9.59 Å². The normalized spacial score (nSPS) is 23.9. The smallest absolute Gasteiger partial charge is 0.328 e. The van der Waals surface area contributed by atoms with E-state index in [9.17, 15) is 14.4 Å². The van der Waals surface area contributed by atoms with Crippen LogP contribution < -0.4 is 5.56 Å². The van der Waals surface area contributed by atoms with Gasteiger partial charge in [-0.2, -0.15) is 0 Å². The van der Waals surface area contributed by atoms with Crippen LogP contribution in [0, 0.1) is 5.92 Å². The highest BCUT2D eigenvalue weighted by atomic mass is 16.4. The molecule has 2 bridgehead atoms. The maximum absolute atomic E-state index is 12.0. The lowest BCUT2D eigenvalue weighted by atomic mass is 9.83. The van der Waals surface area contributed by atoms with Crippen molar-refractivity contribution in [3.05, 3.63) is 46.4 Å². The Morgan fingerprint density at radius 2 is 2.00 bits per heavy atom. The molecule has 21 heavy (non-hydrogen) atoms. The number of carboxylic acid groups (broad SMARTS) is 1. The molecule has 1 saturated heterocycles. The number of likely N-dealkylation sites (tertiary alicyclic amines) is 1. The molecule has 110 valence electrons. The van der Waals surface area contributed by atoms with Gasteiger partial charge in [0.2, 0.25) is 5.91 Å². The Morgan fingerprint density at radius 1 is 1.19 bits per heavy atom. The van der Waals surface area contributed by atoms with Crippen LogP contribution in [0.25, 0.3) is 0 Å². The Hall–Kier alpha value is -2.37. The quantitative estimate of drug-likeness (QED) is 0.801. The minimum absolute atomic E-state index is 0.00718. The average Bonchev–Trinajstić information content (AvgIpc) is 2.45. The van der Waals surface area contributed by atoms with E-state index in [1.807, 2.05) is 6.07 Å². The highest BCUT2D eigenvalue weighted by molar-refractivity contribution is 5.94. The molecule has 2 unspecified atom stereocenters. The highest BCUT2D eigenvalue weighted by Gasteiger charge is 2.35. The number of hydrogen-bond acceptors (Lipinski definition) is 3. The van der Waals surface area contributed by atoms with Crippen LogP contribution in [0.4, 0.5) is 0 Å². The predicted octanol–water partition coefficient (Wildman–Crippen LogP) is 0.435. The Labute approximate surface area is 121 Å². The van der Waals surface area contributed by atoms with Crippen molar-refractivity contribution in [1.82, 2.24) is 9.47 Å². The van der Waals surface area contributed by atoms with Gasteiger partial charge in [0, 0.05) is 49.5 Å². The number of hydrogen-bond donors (Lipinski definition) is 1. The SMILES string of the molecule is O=C(O)C=CC(=O)N1CC2CC(C1)c1cccc(=O)n1C2. The summed E-state index contributed by atoms with van der Waals surface area (Å²) >= 11 is 0. The monoisotopic (exact) mass is 288 g/mol. The average molecular weight is 288 g/mol. The first-order valence-electron chi connectivity index (χ1n) is 6.94. The van der Waals surface area contributed by atoms with Crippen LogP contribution in [0.3, 0.4) is 0 Å². The van der Waals surface area contributed by atoms with Crippen LogP contribution in [0.15, 0.2) is 35.1 Å². The maximum Gasteiger partial charge on any atom is 0.328 e. The van der Waals surface area contributed by atoms with E-state index in [0.717, 1.165) is 24.3 Å². The third-order valence-electron chi connectivity index (χ3n) is 4.16. The largest absolute Gasteiger partial charge is 0.478 e. The van der Waals surface area contributed by atoms with Gasteiger partial charge in [-0.1, -0.05) is 6.07 Å². The Kier molecular flexibility index (Phi) is 3.37. The molecule has 1 fully saturated rings. The molecule has 0 aromatic carbocycles. The summed E-state index contributed by atoms with van der Waals surface area (Å²) in [6, 6.07) is 5.24. The van der Waals surface area contributed by atoms with Gasteiger partial charge in [-0.05, 0) is 18.4 Å². The van der Waals surface area contributed by atoms with Gasteiger partial charge in [0.1, 0.15) is 0 Å². The van der Waals surface area contributed by atoms with Crippen molar-refractivity contribution in [2.75, 3.05) is 13.1 Å². The van der Waals surface area contributed by atoms with Gasteiger partial charge in [-0.15, -0.1) is 0 Å². The summed E-state index contributed by atoms with van der Waals surface area (Å²) in [5.41, 5.74) is 0.978. The van der Waals surface area contributed by atoms with E-state index in [-0.39, 0.29) is 23.3 Å². The van der Waals surface area contributed by atoms with Crippen LogP contribution in [0.2, 0.25) is 0 Å². The lowest BCUT2D eigenvalue weighted by Gasteiger charge is -2.42. The van der Waals surface area contributed by atoms with Crippen molar-refractivity contribution in [2.45, 2.75) is 18.9 Å². The van der Waals surface area contributed by atoms with E-state index in [1.54, 1.807) is 21.6 Å². The van der Waals surface area contributed by atoms with Gasteiger partial charge in [0.25, 0.3) is 5.56 Å². The zero-order valence-corrected chi connectivity index (χ0v) is 11.4. The molecule has 0 saturated carbocycles. The molecule has 2 atom stereocenters. The van der Waals surface area contributed by atoms with Crippen LogP contribution in [0.5, 0.6) is 0 Å². The van der Waals surface area contributed by atoms with Crippen LogP contribution >= 0.6 is 0 Å². The summed E-state index contributed by atoms with van der Waals surface area (Å²) in [4.78, 5) is 36.1. The first-order chi connectivity index (χ1) is 10.0. The summed E-state index contributed by atoms with van der Waals surface area (Å²) in [7, 11) is 0. The molecule has 0 spiro atoms. The number of amides is 1. The molecule has 0 aliphatic carbocycles. The zero-order chi connectivity index (χ0) is 15.0. The van der Waals surface area contributed by atoms with Crippen molar-refractivity contribution in [3.63, 3.8) is 0 Å². The summed E-state index contributed by atoms with van der Waals surface area (Å²) in [5.74, 6) is -1.01. The molecule has 2 aliphatic heterocycles. The number of aromatic nitrogens is 1. The molecule has 1 aromatic heterocycles. The van der Waals surface area contributed by atoms with Gasteiger partial charge in [0.15, 0.2) is 0 Å². The summed E-state index contributed by atoms with van der Waals surface area (Å²) < 4.78 is 1.80. The van der Waals surface area contributed by atoms with E-state index >= 15 is 0 Å². The van der Waals surface area contributed by atoms with E-state index in [4.69, 9.17) is 5.11 Å². The van der Waals surface area contributed by atoms with Crippen molar-refractivity contribution >= 4 is 11.9 Å². The number of carboxylic acids is 1. The van der Waals surface area contributed by atoms with Crippen molar-refractivity contribution in [2.24, 2.45) is 5.92 Å². The fourth-order valence-corrected chi connectivity index (χ4v) is 3.32. The third kappa shape index (κ3) is 2.61. The second-order valence-electron chi connectivity index (χ2n) is 5.61. The second kappa shape index (κ2) is 5.20. The molecule has 1 amide bonds. The Balaban J connectivity index is 1.83.